The number of carbonyl (C=O) groups excluding carboxylic acids is 1. The molecule has 5 nitrogen and oxygen atoms in total. The molecule has 0 aromatic carbocycles. The highest BCUT2D eigenvalue weighted by Gasteiger charge is 2.24. The highest BCUT2D eigenvalue weighted by molar-refractivity contribution is 5.97. The van der Waals surface area contributed by atoms with E-state index in [-0.39, 0.29) is 0 Å². The molecule has 0 aliphatic carbocycles. The van der Waals surface area contributed by atoms with Gasteiger partial charge in [0, 0.05) is 19.3 Å². The summed E-state index contributed by atoms with van der Waals surface area (Å²) < 4.78 is 0. The summed E-state index contributed by atoms with van der Waals surface area (Å²) in [4.78, 5) is 17.6. The normalized spacial score (nSPS) is 20.1. The van der Waals surface area contributed by atoms with Crippen LogP contribution in [0.1, 0.15) is 16.8 Å². The third kappa shape index (κ3) is 1.99. The van der Waals surface area contributed by atoms with Crippen molar-refractivity contribution in [1.29, 1.82) is 0 Å². The minimum atomic E-state index is -0.431. The number of rotatable bonds is 3. The monoisotopic (exact) mass is 220 g/mol. The first-order valence-corrected chi connectivity index (χ1v) is 5.42. The van der Waals surface area contributed by atoms with Gasteiger partial charge in [0.1, 0.15) is 5.82 Å². The van der Waals surface area contributed by atoms with Gasteiger partial charge in [-0.2, -0.15) is 0 Å². The Morgan fingerprint density at radius 3 is 3.06 bits per heavy atom. The Kier molecular flexibility index (Phi) is 3.05. The average Bonchev–Trinajstić information content (AvgIpc) is 2.77. The van der Waals surface area contributed by atoms with Gasteiger partial charge in [0.05, 0.1) is 5.56 Å². The number of hydrogen-bond donors (Lipinski definition) is 2. The molecule has 1 saturated heterocycles. The molecule has 1 amide bonds. The highest BCUT2D eigenvalue weighted by Crippen LogP contribution is 2.24. The second kappa shape index (κ2) is 4.49. The van der Waals surface area contributed by atoms with Crippen LogP contribution in [-0.4, -0.2) is 30.5 Å². The van der Waals surface area contributed by atoms with E-state index in [2.05, 4.69) is 9.88 Å². The number of hydrogen-bond acceptors (Lipinski definition) is 4. The van der Waals surface area contributed by atoms with Gasteiger partial charge in [0.2, 0.25) is 0 Å². The Bertz CT molecular complexity index is 393. The van der Waals surface area contributed by atoms with Crippen LogP contribution in [0.25, 0.3) is 0 Å². The summed E-state index contributed by atoms with van der Waals surface area (Å²) in [5.74, 6) is 0.744. The lowest BCUT2D eigenvalue weighted by Gasteiger charge is -2.19. The van der Waals surface area contributed by atoms with E-state index in [4.69, 9.17) is 11.5 Å². The third-order valence-electron chi connectivity index (χ3n) is 2.97. The Morgan fingerprint density at radius 1 is 1.62 bits per heavy atom. The van der Waals surface area contributed by atoms with E-state index < -0.39 is 5.91 Å². The second-order valence-corrected chi connectivity index (χ2v) is 4.08. The molecule has 1 atom stereocenters. The number of pyridine rings is 1. The van der Waals surface area contributed by atoms with Crippen LogP contribution in [0.3, 0.4) is 0 Å². The highest BCUT2D eigenvalue weighted by atomic mass is 16.1. The summed E-state index contributed by atoms with van der Waals surface area (Å²) in [6.45, 7) is 2.42. The van der Waals surface area contributed by atoms with E-state index in [1.54, 1.807) is 18.3 Å². The van der Waals surface area contributed by atoms with Crippen LogP contribution < -0.4 is 16.4 Å². The van der Waals surface area contributed by atoms with Crippen molar-refractivity contribution < 1.29 is 4.79 Å². The fourth-order valence-corrected chi connectivity index (χ4v) is 2.06. The molecule has 0 radical (unpaired) electrons. The largest absolute Gasteiger partial charge is 0.365 e. The third-order valence-corrected chi connectivity index (χ3v) is 2.97. The van der Waals surface area contributed by atoms with Crippen molar-refractivity contribution in [3.05, 3.63) is 23.9 Å². The molecular formula is C11H16N4O. The van der Waals surface area contributed by atoms with Gasteiger partial charge >= 0.3 is 0 Å². The molecule has 2 rings (SSSR count). The number of aromatic nitrogens is 1. The quantitative estimate of drug-likeness (QED) is 0.748. The number of amides is 1. The second-order valence-electron chi connectivity index (χ2n) is 4.08. The zero-order valence-electron chi connectivity index (χ0n) is 9.10. The minimum Gasteiger partial charge on any atom is -0.365 e. The molecule has 0 bridgehead atoms. The zero-order chi connectivity index (χ0) is 11.5. The summed E-state index contributed by atoms with van der Waals surface area (Å²) in [5, 5.41) is 0. The number of nitrogens with zero attached hydrogens (tertiary/aromatic N) is 2. The lowest BCUT2D eigenvalue weighted by atomic mass is 10.1. The predicted octanol–water partition coefficient (Wildman–Crippen LogP) is -0.0345. The van der Waals surface area contributed by atoms with Gasteiger partial charge in [0.25, 0.3) is 5.91 Å². The molecule has 86 valence electrons. The van der Waals surface area contributed by atoms with Crippen molar-refractivity contribution in [1.82, 2.24) is 4.98 Å². The van der Waals surface area contributed by atoms with Crippen LogP contribution in [0, 0.1) is 5.92 Å². The lowest BCUT2D eigenvalue weighted by molar-refractivity contribution is 0.100. The number of carbonyl (C=O) groups is 1. The maximum absolute atomic E-state index is 11.3. The van der Waals surface area contributed by atoms with Crippen LogP contribution in [0.15, 0.2) is 18.3 Å². The fourth-order valence-electron chi connectivity index (χ4n) is 2.06. The predicted molar refractivity (Wildman–Crippen MR) is 62.1 cm³/mol. The molecule has 1 aliphatic heterocycles. The van der Waals surface area contributed by atoms with Crippen molar-refractivity contribution >= 4 is 11.7 Å². The Balaban J connectivity index is 2.24. The average molecular weight is 220 g/mol. The van der Waals surface area contributed by atoms with Gasteiger partial charge in [-0.05, 0) is 31.0 Å². The van der Waals surface area contributed by atoms with Crippen molar-refractivity contribution in [3.63, 3.8) is 0 Å². The van der Waals surface area contributed by atoms with E-state index >= 15 is 0 Å². The zero-order valence-corrected chi connectivity index (χ0v) is 9.10. The summed E-state index contributed by atoms with van der Waals surface area (Å²) in [7, 11) is 0. The maximum Gasteiger partial charge on any atom is 0.252 e. The van der Waals surface area contributed by atoms with E-state index in [9.17, 15) is 4.79 Å². The first kappa shape index (κ1) is 10.9. The Morgan fingerprint density at radius 2 is 2.44 bits per heavy atom. The SMILES string of the molecule is NCC1CCN(c2ncccc2C(N)=O)C1. The van der Waals surface area contributed by atoms with Gasteiger partial charge in [-0.25, -0.2) is 4.98 Å². The Labute approximate surface area is 94.4 Å². The first-order valence-electron chi connectivity index (χ1n) is 5.42. The van der Waals surface area contributed by atoms with E-state index in [0.29, 0.717) is 23.8 Å². The van der Waals surface area contributed by atoms with Crippen LogP contribution in [0.2, 0.25) is 0 Å². The standard InChI is InChI=1S/C11H16N4O/c12-6-8-3-5-15(7-8)11-9(10(13)16)2-1-4-14-11/h1-2,4,8H,3,5-7,12H2,(H2,13,16). The molecule has 1 aromatic rings. The van der Waals surface area contributed by atoms with Gasteiger partial charge in [-0.15, -0.1) is 0 Å². The van der Waals surface area contributed by atoms with E-state index in [0.717, 1.165) is 19.5 Å². The van der Waals surface area contributed by atoms with Gasteiger partial charge in [-0.3, -0.25) is 4.79 Å². The van der Waals surface area contributed by atoms with Crippen LogP contribution >= 0.6 is 0 Å². The van der Waals surface area contributed by atoms with Crippen molar-refractivity contribution in [2.24, 2.45) is 17.4 Å². The molecule has 0 spiro atoms. The molecule has 1 aliphatic rings. The van der Waals surface area contributed by atoms with Crippen molar-refractivity contribution in [2.45, 2.75) is 6.42 Å². The van der Waals surface area contributed by atoms with Crippen LogP contribution in [0.4, 0.5) is 5.82 Å². The number of nitrogens with two attached hydrogens (primary N) is 2. The minimum absolute atomic E-state index is 0.431. The van der Waals surface area contributed by atoms with Gasteiger partial charge < -0.3 is 16.4 Å². The summed E-state index contributed by atoms with van der Waals surface area (Å²) in [6, 6.07) is 3.43. The topological polar surface area (TPSA) is 85.2 Å². The molecule has 0 saturated carbocycles. The van der Waals surface area contributed by atoms with Crippen molar-refractivity contribution in [3.8, 4) is 0 Å². The van der Waals surface area contributed by atoms with Gasteiger partial charge in [0.15, 0.2) is 0 Å². The molecule has 2 heterocycles. The molecule has 1 fully saturated rings. The molecular weight excluding hydrogens is 204 g/mol. The summed E-state index contributed by atoms with van der Waals surface area (Å²) in [5.41, 5.74) is 11.4. The number of anilines is 1. The van der Waals surface area contributed by atoms with E-state index in [1.165, 1.54) is 0 Å². The summed E-state index contributed by atoms with van der Waals surface area (Å²) in [6.07, 6.45) is 2.73. The Hall–Kier alpha value is -1.62. The molecule has 16 heavy (non-hydrogen) atoms. The lowest BCUT2D eigenvalue weighted by Crippen LogP contribution is -2.26. The van der Waals surface area contributed by atoms with E-state index in [1.807, 2.05) is 0 Å². The number of primary amides is 1. The van der Waals surface area contributed by atoms with Gasteiger partial charge in [-0.1, -0.05) is 0 Å². The molecule has 5 heteroatoms. The van der Waals surface area contributed by atoms with Crippen LogP contribution in [-0.2, 0) is 0 Å². The summed E-state index contributed by atoms with van der Waals surface area (Å²) >= 11 is 0. The molecule has 1 unspecified atom stereocenters. The van der Waals surface area contributed by atoms with Crippen LogP contribution in [0.5, 0.6) is 0 Å². The molecule has 4 N–H and O–H groups in total. The fraction of sp³-hybridized carbons (Fsp3) is 0.455. The maximum atomic E-state index is 11.3. The first-order chi connectivity index (χ1) is 7.72. The smallest absolute Gasteiger partial charge is 0.252 e. The van der Waals surface area contributed by atoms with Crippen molar-refractivity contribution in [2.75, 3.05) is 24.5 Å². The molecule has 1 aromatic heterocycles.